The van der Waals surface area contributed by atoms with Gasteiger partial charge in [0.1, 0.15) is 5.83 Å². The molecular weight excluding hydrogens is 441 g/mol. The maximum atomic E-state index is 15.0. The number of allylic oxidation sites excluding steroid dienone is 5. The first-order chi connectivity index (χ1) is 17.0. The smallest absolute Gasteiger partial charge is 0.166 e. The van der Waals surface area contributed by atoms with E-state index >= 15 is 8.78 Å². The fraction of sp³-hybridized carbons (Fsp3) is 0.438. The van der Waals surface area contributed by atoms with Crippen molar-refractivity contribution in [2.75, 3.05) is 0 Å². The zero-order valence-corrected chi connectivity index (χ0v) is 21.0. The first kappa shape index (κ1) is 25.5. The maximum absolute atomic E-state index is 15.0. The first-order valence-corrected chi connectivity index (χ1v) is 13.3. The zero-order chi connectivity index (χ0) is 24.8. The maximum Gasteiger partial charge on any atom is 0.166 e. The molecule has 3 heteroatoms. The van der Waals surface area contributed by atoms with Crippen LogP contribution in [0, 0.1) is 23.5 Å². The molecule has 1 fully saturated rings. The Balaban J connectivity index is 1.43. The van der Waals surface area contributed by atoms with Crippen molar-refractivity contribution in [3.8, 4) is 11.1 Å². The predicted octanol–water partition coefficient (Wildman–Crippen LogP) is 10.3. The third-order valence-corrected chi connectivity index (χ3v) is 7.90. The lowest BCUT2D eigenvalue weighted by Gasteiger charge is -2.28. The van der Waals surface area contributed by atoms with Crippen LogP contribution >= 0.6 is 0 Å². The monoisotopic (exact) mass is 478 g/mol. The summed E-state index contributed by atoms with van der Waals surface area (Å²) in [5.41, 5.74) is 3.28. The quantitative estimate of drug-likeness (QED) is 0.354. The second-order valence-corrected chi connectivity index (χ2v) is 10.2. The molecule has 0 N–H and O–H groups in total. The lowest BCUT2D eigenvalue weighted by Crippen LogP contribution is -2.14. The van der Waals surface area contributed by atoms with Crippen LogP contribution in [0.25, 0.3) is 17.2 Å². The van der Waals surface area contributed by atoms with Gasteiger partial charge in [0.2, 0.25) is 0 Å². The molecule has 2 aromatic rings. The van der Waals surface area contributed by atoms with Gasteiger partial charge < -0.3 is 0 Å². The standard InChI is InChI=1S/C32H37F3/c1-3-5-6-27-18-13-24(21-30(27)33)8-7-23-11-16-26(17-12-23)29-20-19-28(31(34)32(29)35)25-14-9-22(4-2)10-15-25/h7-8,11-13,16-17,19-22,25,27H,3-6,9-10,14-15,18H2,1-2H3/b8-7+. The average Bonchev–Trinajstić information content (AvgIpc) is 2.89. The fourth-order valence-corrected chi connectivity index (χ4v) is 5.50. The van der Waals surface area contributed by atoms with E-state index in [2.05, 4.69) is 19.9 Å². The van der Waals surface area contributed by atoms with Crippen LogP contribution in [-0.2, 0) is 0 Å². The molecule has 186 valence electrons. The molecule has 1 atom stereocenters. The summed E-state index contributed by atoms with van der Waals surface area (Å²) in [6, 6.07) is 10.9. The summed E-state index contributed by atoms with van der Waals surface area (Å²) >= 11 is 0. The minimum atomic E-state index is -0.756. The lowest BCUT2D eigenvalue weighted by molar-refractivity contribution is 0.312. The minimum Gasteiger partial charge on any atom is -0.211 e. The number of halogens is 3. The molecule has 0 saturated heterocycles. The van der Waals surface area contributed by atoms with E-state index in [1.54, 1.807) is 18.2 Å². The SMILES string of the molecule is CCCCC1CC=C(/C=C/c2ccc(-c3ccc(C4CCC(CC)CC4)c(F)c3F)cc2)C=C1F. The molecule has 0 bridgehead atoms. The largest absolute Gasteiger partial charge is 0.211 e. The summed E-state index contributed by atoms with van der Waals surface area (Å²) in [6.07, 6.45) is 16.5. The van der Waals surface area contributed by atoms with Crippen molar-refractivity contribution in [3.05, 3.63) is 88.8 Å². The normalized spacial score (nSPS) is 22.8. The van der Waals surface area contributed by atoms with Crippen LogP contribution in [0.5, 0.6) is 0 Å². The molecule has 4 rings (SSSR count). The van der Waals surface area contributed by atoms with E-state index in [9.17, 15) is 4.39 Å². The predicted molar refractivity (Wildman–Crippen MR) is 141 cm³/mol. The fourth-order valence-electron chi connectivity index (χ4n) is 5.50. The highest BCUT2D eigenvalue weighted by Gasteiger charge is 2.26. The van der Waals surface area contributed by atoms with Crippen LogP contribution in [0.1, 0.15) is 88.7 Å². The number of unbranched alkanes of at least 4 members (excludes halogenated alkanes) is 1. The van der Waals surface area contributed by atoms with Gasteiger partial charge in [-0.05, 0) is 78.7 Å². The molecule has 0 heterocycles. The Bertz CT molecular complexity index is 1080. The number of benzene rings is 2. The van der Waals surface area contributed by atoms with Gasteiger partial charge in [-0.1, -0.05) is 87.7 Å². The molecule has 0 aromatic heterocycles. The molecule has 35 heavy (non-hydrogen) atoms. The zero-order valence-electron chi connectivity index (χ0n) is 21.0. The second kappa shape index (κ2) is 11.9. The highest BCUT2D eigenvalue weighted by Crippen LogP contribution is 2.39. The van der Waals surface area contributed by atoms with E-state index in [1.165, 1.54) is 6.42 Å². The average molecular weight is 479 g/mol. The molecule has 2 aliphatic carbocycles. The van der Waals surface area contributed by atoms with Crippen molar-refractivity contribution < 1.29 is 13.2 Å². The van der Waals surface area contributed by atoms with Crippen molar-refractivity contribution in [2.45, 2.75) is 77.6 Å². The molecule has 1 saturated carbocycles. The molecule has 0 amide bonds. The molecule has 0 radical (unpaired) electrons. The van der Waals surface area contributed by atoms with Crippen LogP contribution in [0.3, 0.4) is 0 Å². The van der Waals surface area contributed by atoms with E-state index in [1.807, 2.05) is 36.4 Å². The molecule has 2 aliphatic rings. The molecule has 0 spiro atoms. The van der Waals surface area contributed by atoms with E-state index in [0.29, 0.717) is 16.7 Å². The van der Waals surface area contributed by atoms with E-state index < -0.39 is 11.6 Å². The van der Waals surface area contributed by atoms with E-state index in [0.717, 1.165) is 68.4 Å². The van der Waals surface area contributed by atoms with Gasteiger partial charge in [0.25, 0.3) is 0 Å². The Morgan fingerprint density at radius 1 is 0.857 bits per heavy atom. The van der Waals surface area contributed by atoms with Crippen molar-refractivity contribution >= 4 is 6.08 Å². The van der Waals surface area contributed by atoms with Gasteiger partial charge >= 0.3 is 0 Å². The summed E-state index contributed by atoms with van der Waals surface area (Å²) in [5.74, 6) is -0.632. The molecule has 0 aliphatic heterocycles. The molecule has 2 aromatic carbocycles. The van der Waals surface area contributed by atoms with Gasteiger partial charge in [-0.2, -0.15) is 0 Å². The van der Waals surface area contributed by atoms with Crippen molar-refractivity contribution in [1.29, 1.82) is 0 Å². The van der Waals surface area contributed by atoms with Crippen LogP contribution in [0.4, 0.5) is 13.2 Å². The summed E-state index contributed by atoms with van der Waals surface area (Å²) in [7, 11) is 0. The van der Waals surface area contributed by atoms with Crippen LogP contribution in [0.2, 0.25) is 0 Å². The third-order valence-electron chi connectivity index (χ3n) is 7.90. The van der Waals surface area contributed by atoms with Crippen LogP contribution < -0.4 is 0 Å². The third kappa shape index (κ3) is 6.18. The highest BCUT2D eigenvalue weighted by molar-refractivity contribution is 5.67. The number of hydrogen-bond acceptors (Lipinski definition) is 0. The van der Waals surface area contributed by atoms with Crippen molar-refractivity contribution in [3.63, 3.8) is 0 Å². The van der Waals surface area contributed by atoms with Gasteiger partial charge in [0.05, 0.1) is 0 Å². The Morgan fingerprint density at radius 3 is 2.26 bits per heavy atom. The number of hydrogen-bond donors (Lipinski definition) is 0. The minimum absolute atomic E-state index is 0.0134. The summed E-state index contributed by atoms with van der Waals surface area (Å²) < 4.78 is 44.4. The molecular formula is C32H37F3. The highest BCUT2D eigenvalue weighted by atomic mass is 19.2. The Hall–Kier alpha value is -2.55. The van der Waals surface area contributed by atoms with Gasteiger partial charge in [-0.25, -0.2) is 13.2 Å². The van der Waals surface area contributed by atoms with Gasteiger partial charge in [-0.15, -0.1) is 0 Å². The van der Waals surface area contributed by atoms with E-state index in [4.69, 9.17) is 0 Å². The van der Waals surface area contributed by atoms with Gasteiger partial charge in [-0.3, -0.25) is 0 Å². The summed E-state index contributed by atoms with van der Waals surface area (Å²) in [6.45, 7) is 4.33. The summed E-state index contributed by atoms with van der Waals surface area (Å²) in [4.78, 5) is 0. The van der Waals surface area contributed by atoms with Crippen molar-refractivity contribution in [1.82, 2.24) is 0 Å². The first-order valence-electron chi connectivity index (χ1n) is 13.3. The van der Waals surface area contributed by atoms with Crippen LogP contribution in [0.15, 0.2) is 66.0 Å². The molecule has 0 nitrogen and oxygen atoms in total. The van der Waals surface area contributed by atoms with E-state index in [-0.39, 0.29) is 17.7 Å². The lowest BCUT2D eigenvalue weighted by atomic mass is 9.77. The second-order valence-electron chi connectivity index (χ2n) is 10.2. The Morgan fingerprint density at radius 2 is 1.60 bits per heavy atom. The van der Waals surface area contributed by atoms with Gasteiger partial charge in [0, 0.05) is 11.5 Å². The number of rotatable bonds is 8. The Kier molecular flexibility index (Phi) is 8.70. The molecule has 1 unspecified atom stereocenters. The Labute approximate surface area is 208 Å². The van der Waals surface area contributed by atoms with Gasteiger partial charge in [0.15, 0.2) is 11.6 Å². The van der Waals surface area contributed by atoms with Crippen LogP contribution in [-0.4, -0.2) is 0 Å². The topological polar surface area (TPSA) is 0 Å². The summed E-state index contributed by atoms with van der Waals surface area (Å²) in [5, 5.41) is 0. The van der Waals surface area contributed by atoms with Crippen molar-refractivity contribution in [2.24, 2.45) is 11.8 Å².